The maximum atomic E-state index is 13.1. The number of ether oxygens (including phenoxy) is 3. The third-order valence-corrected chi connectivity index (χ3v) is 5.75. The Morgan fingerprint density at radius 3 is 2.31 bits per heavy atom. The second kappa shape index (κ2) is 9.96. The summed E-state index contributed by atoms with van der Waals surface area (Å²) in [5.41, 5.74) is 0.952. The molecule has 1 saturated heterocycles. The zero-order chi connectivity index (χ0) is 23.4. The van der Waals surface area contributed by atoms with Crippen molar-refractivity contribution in [2.24, 2.45) is 0 Å². The molecule has 1 atom stereocenters. The topological polar surface area (TPSA) is 85.3 Å². The van der Waals surface area contributed by atoms with Crippen LogP contribution in [0.15, 0.2) is 42.0 Å². The number of halogens is 1. The van der Waals surface area contributed by atoms with Crippen molar-refractivity contribution in [3.63, 3.8) is 0 Å². The van der Waals surface area contributed by atoms with Gasteiger partial charge in [-0.2, -0.15) is 0 Å². The van der Waals surface area contributed by atoms with E-state index < -0.39 is 17.7 Å². The molecule has 32 heavy (non-hydrogen) atoms. The summed E-state index contributed by atoms with van der Waals surface area (Å²) in [6.07, 6.45) is 1.56. The van der Waals surface area contributed by atoms with Gasteiger partial charge in [-0.3, -0.25) is 9.59 Å². The van der Waals surface area contributed by atoms with Crippen LogP contribution in [0.2, 0.25) is 5.02 Å². The molecule has 0 spiro atoms. The number of carbonyl (C=O) groups excluding carboxylic acids is 2. The Bertz CT molecular complexity index is 1060. The van der Waals surface area contributed by atoms with Crippen molar-refractivity contribution in [1.82, 2.24) is 4.90 Å². The number of benzene rings is 2. The van der Waals surface area contributed by atoms with E-state index in [2.05, 4.69) is 0 Å². The fraction of sp³-hybridized carbons (Fsp3) is 0.333. The molecule has 0 bridgehead atoms. The van der Waals surface area contributed by atoms with Gasteiger partial charge in [0.05, 0.1) is 38.0 Å². The lowest BCUT2D eigenvalue weighted by molar-refractivity contribution is -0.139. The van der Waals surface area contributed by atoms with Gasteiger partial charge in [0.25, 0.3) is 11.7 Å². The van der Waals surface area contributed by atoms with Crippen molar-refractivity contribution in [2.75, 3.05) is 27.9 Å². The number of ketones is 1. The molecule has 8 heteroatoms. The first kappa shape index (κ1) is 23.5. The number of aliphatic hydroxyl groups excluding tert-OH is 1. The van der Waals surface area contributed by atoms with Crippen LogP contribution in [0, 0.1) is 0 Å². The van der Waals surface area contributed by atoms with E-state index in [-0.39, 0.29) is 11.3 Å². The van der Waals surface area contributed by atoms with Gasteiger partial charge in [0.2, 0.25) is 0 Å². The highest BCUT2D eigenvalue weighted by Crippen LogP contribution is 2.42. The van der Waals surface area contributed by atoms with Gasteiger partial charge in [0.15, 0.2) is 11.5 Å². The van der Waals surface area contributed by atoms with Gasteiger partial charge in [-0.05, 0) is 42.3 Å². The number of hydrogen-bond donors (Lipinski definition) is 1. The molecule has 0 aliphatic carbocycles. The maximum absolute atomic E-state index is 13.1. The van der Waals surface area contributed by atoms with Crippen LogP contribution in [0.5, 0.6) is 17.2 Å². The van der Waals surface area contributed by atoms with E-state index in [0.717, 1.165) is 6.42 Å². The molecule has 1 N–H and O–H groups in total. The fourth-order valence-electron chi connectivity index (χ4n) is 3.77. The van der Waals surface area contributed by atoms with Gasteiger partial charge >= 0.3 is 0 Å². The number of unbranched alkanes of at least 4 members (excludes halogenated alkanes) is 1. The summed E-state index contributed by atoms with van der Waals surface area (Å²) < 4.78 is 15.9. The predicted octanol–water partition coefficient (Wildman–Crippen LogP) is 4.59. The number of rotatable bonds is 8. The molecule has 2 aromatic rings. The molecule has 3 rings (SSSR count). The minimum Gasteiger partial charge on any atom is -0.507 e. The van der Waals surface area contributed by atoms with Crippen LogP contribution < -0.4 is 14.2 Å². The van der Waals surface area contributed by atoms with E-state index in [1.165, 1.54) is 32.3 Å². The Balaban J connectivity index is 2.21. The van der Waals surface area contributed by atoms with Crippen LogP contribution in [0.4, 0.5) is 0 Å². The molecule has 1 fully saturated rings. The molecule has 1 aliphatic rings. The Labute approximate surface area is 192 Å². The number of carbonyl (C=O) groups is 2. The molecule has 0 saturated carbocycles. The average molecular weight is 460 g/mol. The van der Waals surface area contributed by atoms with Gasteiger partial charge in [0, 0.05) is 12.1 Å². The van der Waals surface area contributed by atoms with Crippen molar-refractivity contribution in [2.45, 2.75) is 25.8 Å². The Morgan fingerprint density at radius 1 is 1.00 bits per heavy atom. The highest BCUT2D eigenvalue weighted by molar-refractivity contribution is 6.46. The highest BCUT2D eigenvalue weighted by Gasteiger charge is 2.46. The normalized spacial score (nSPS) is 17.5. The van der Waals surface area contributed by atoms with Crippen LogP contribution in [-0.4, -0.2) is 49.6 Å². The third kappa shape index (κ3) is 4.25. The molecule has 0 radical (unpaired) electrons. The lowest BCUT2D eigenvalue weighted by Crippen LogP contribution is -2.30. The SMILES string of the molecule is CCCCN1C(=O)C(=O)/C(=C(\O)c2ccc(Cl)c(OC)c2)C1c1ccc(OC)c(OC)c1. The first-order valence-electron chi connectivity index (χ1n) is 10.2. The van der Waals surface area contributed by atoms with Gasteiger partial charge in [-0.25, -0.2) is 0 Å². The lowest BCUT2D eigenvalue weighted by Gasteiger charge is -2.26. The quantitative estimate of drug-likeness (QED) is 0.353. The second-order valence-corrected chi connectivity index (χ2v) is 7.72. The summed E-state index contributed by atoms with van der Waals surface area (Å²) in [6, 6.07) is 9.07. The number of hydrogen-bond acceptors (Lipinski definition) is 6. The zero-order valence-electron chi connectivity index (χ0n) is 18.5. The summed E-state index contributed by atoms with van der Waals surface area (Å²) in [7, 11) is 4.49. The number of Topliss-reactive ketones (excluding diaryl/α,β-unsaturated/α-hetero) is 1. The Morgan fingerprint density at radius 2 is 1.69 bits per heavy atom. The molecule has 1 unspecified atom stereocenters. The summed E-state index contributed by atoms with van der Waals surface area (Å²) in [4.78, 5) is 27.5. The number of likely N-dealkylation sites (tertiary alicyclic amines) is 1. The van der Waals surface area contributed by atoms with E-state index >= 15 is 0 Å². The molecule has 7 nitrogen and oxygen atoms in total. The second-order valence-electron chi connectivity index (χ2n) is 7.31. The van der Waals surface area contributed by atoms with Crippen LogP contribution in [-0.2, 0) is 9.59 Å². The van der Waals surface area contributed by atoms with Crippen molar-refractivity contribution < 1.29 is 28.9 Å². The summed E-state index contributed by atoms with van der Waals surface area (Å²) in [6.45, 7) is 2.38. The zero-order valence-corrected chi connectivity index (χ0v) is 19.2. The van der Waals surface area contributed by atoms with E-state index in [0.29, 0.717) is 46.4 Å². The van der Waals surface area contributed by atoms with Gasteiger partial charge in [-0.1, -0.05) is 31.0 Å². The first-order valence-corrected chi connectivity index (χ1v) is 10.6. The number of amides is 1. The predicted molar refractivity (Wildman–Crippen MR) is 121 cm³/mol. The van der Waals surface area contributed by atoms with Crippen molar-refractivity contribution in [3.05, 3.63) is 58.1 Å². The monoisotopic (exact) mass is 459 g/mol. The number of nitrogens with zero attached hydrogens (tertiary/aromatic N) is 1. The molecular weight excluding hydrogens is 434 g/mol. The summed E-state index contributed by atoms with van der Waals surface area (Å²) >= 11 is 6.10. The maximum Gasteiger partial charge on any atom is 0.295 e. The molecule has 1 aliphatic heterocycles. The first-order chi connectivity index (χ1) is 15.4. The molecule has 170 valence electrons. The van der Waals surface area contributed by atoms with Crippen LogP contribution in [0.25, 0.3) is 5.76 Å². The van der Waals surface area contributed by atoms with E-state index in [1.807, 2.05) is 6.92 Å². The van der Waals surface area contributed by atoms with Crippen LogP contribution in [0.3, 0.4) is 0 Å². The molecular formula is C24H26ClNO6. The third-order valence-electron chi connectivity index (χ3n) is 5.44. The minimum absolute atomic E-state index is 0.00250. The van der Waals surface area contributed by atoms with E-state index in [4.69, 9.17) is 25.8 Å². The molecule has 1 amide bonds. The lowest BCUT2D eigenvalue weighted by atomic mass is 9.94. The highest BCUT2D eigenvalue weighted by atomic mass is 35.5. The number of aliphatic hydroxyl groups is 1. The molecule has 1 heterocycles. The van der Waals surface area contributed by atoms with Crippen LogP contribution >= 0.6 is 11.6 Å². The molecule has 0 aromatic heterocycles. The van der Waals surface area contributed by atoms with Crippen molar-refractivity contribution in [3.8, 4) is 17.2 Å². The largest absolute Gasteiger partial charge is 0.507 e. The number of methoxy groups -OCH3 is 3. The van der Waals surface area contributed by atoms with E-state index in [9.17, 15) is 14.7 Å². The summed E-state index contributed by atoms with van der Waals surface area (Å²) in [5, 5.41) is 11.5. The molecule has 2 aromatic carbocycles. The van der Waals surface area contributed by atoms with Gasteiger partial charge in [-0.15, -0.1) is 0 Å². The van der Waals surface area contributed by atoms with Crippen molar-refractivity contribution >= 4 is 29.1 Å². The van der Waals surface area contributed by atoms with Gasteiger partial charge in [0.1, 0.15) is 11.5 Å². The van der Waals surface area contributed by atoms with Crippen molar-refractivity contribution in [1.29, 1.82) is 0 Å². The Hall–Kier alpha value is -3.19. The van der Waals surface area contributed by atoms with Crippen LogP contribution in [0.1, 0.15) is 36.9 Å². The smallest absolute Gasteiger partial charge is 0.295 e. The van der Waals surface area contributed by atoms with E-state index in [1.54, 1.807) is 30.3 Å². The fourth-order valence-corrected chi connectivity index (χ4v) is 3.97. The standard InChI is InChI=1S/C24H26ClNO6/c1-5-6-11-26-21(14-8-10-17(30-2)19(12-14)32-4)20(23(28)24(26)29)22(27)15-7-9-16(25)18(13-15)31-3/h7-10,12-13,21,27H,5-6,11H2,1-4H3/b22-20-. The summed E-state index contributed by atoms with van der Waals surface area (Å²) in [5.74, 6) is -0.368. The Kier molecular flexibility index (Phi) is 7.30. The average Bonchev–Trinajstić information content (AvgIpc) is 3.06. The minimum atomic E-state index is -0.775. The van der Waals surface area contributed by atoms with Gasteiger partial charge < -0.3 is 24.2 Å².